The molecule has 1 N–H and O–H groups in total. The molecule has 1 aromatic carbocycles. The van der Waals surface area contributed by atoms with Crippen LogP contribution in [0.15, 0.2) is 42.1 Å². The Balaban J connectivity index is 2.35. The maximum Gasteiger partial charge on any atom is 0.0707 e. The average Bonchev–Trinajstić information content (AvgIpc) is 2.37. The predicted octanol–water partition coefficient (Wildman–Crippen LogP) is 3.25. The summed E-state index contributed by atoms with van der Waals surface area (Å²) < 4.78 is 0. The molecule has 2 aromatic rings. The van der Waals surface area contributed by atoms with Gasteiger partial charge in [0.15, 0.2) is 0 Å². The molecule has 0 unspecified atom stereocenters. The van der Waals surface area contributed by atoms with Gasteiger partial charge in [0.2, 0.25) is 0 Å². The summed E-state index contributed by atoms with van der Waals surface area (Å²) in [5, 5.41) is 4.55. The summed E-state index contributed by atoms with van der Waals surface area (Å²) in [4.78, 5) is 4.37. The SMILES string of the molecule is CCNCC(C)=Cc1ccnc2ccccc12. The Morgan fingerprint density at radius 1 is 1.29 bits per heavy atom. The van der Waals surface area contributed by atoms with Crippen LogP contribution in [0.1, 0.15) is 19.4 Å². The number of likely N-dealkylation sites (N-methyl/N-ethyl adjacent to an activating group) is 1. The minimum atomic E-state index is 0.938. The molecule has 0 bridgehead atoms. The third kappa shape index (κ3) is 2.92. The van der Waals surface area contributed by atoms with E-state index in [-0.39, 0.29) is 0 Å². The lowest BCUT2D eigenvalue weighted by molar-refractivity contribution is 0.779. The van der Waals surface area contributed by atoms with Crippen molar-refractivity contribution in [3.8, 4) is 0 Å². The third-order valence-electron chi connectivity index (χ3n) is 2.74. The monoisotopic (exact) mass is 226 g/mol. The molecular weight excluding hydrogens is 208 g/mol. The Bertz CT molecular complexity index is 524. The number of pyridine rings is 1. The van der Waals surface area contributed by atoms with Crippen molar-refractivity contribution in [2.45, 2.75) is 13.8 Å². The Labute approximate surface area is 102 Å². The molecule has 0 spiro atoms. The van der Waals surface area contributed by atoms with Crippen LogP contribution in [0, 0.1) is 0 Å². The van der Waals surface area contributed by atoms with Crippen LogP contribution < -0.4 is 5.32 Å². The first-order chi connectivity index (χ1) is 8.31. The number of benzene rings is 1. The highest BCUT2D eigenvalue weighted by Gasteiger charge is 1.98. The molecule has 88 valence electrons. The maximum atomic E-state index is 4.37. The van der Waals surface area contributed by atoms with Crippen LogP contribution in [0.2, 0.25) is 0 Å². The molecule has 0 amide bonds. The molecule has 0 fully saturated rings. The van der Waals surface area contributed by atoms with E-state index < -0.39 is 0 Å². The fraction of sp³-hybridized carbons (Fsp3) is 0.267. The van der Waals surface area contributed by atoms with E-state index in [0.717, 1.165) is 18.6 Å². The summed E-state index contributed by atoms with van der Waals surface area (Å²) in [6.45, 7) is 6.21. The van der Waals surface area contributed by atoms with Crippen molar-refractivity contribution in [2.24, 2.45) is 0 Å². The predicted molar refractivity (Wildman–Crippen MR) is 73.9 cm³/mol. The normalized spacial score (nSPS) is 12.0. The van der Waals surface area contributed by atoms with E-state index in [1.165, 1.54) is 16.5 Å². The Kier molecular flexibility index (Phi) is 3.89. The Morgan fingerprint density at radius 3 is 2.94 bits per heavy atom. The number of fused-ring (bicyclic) bond motifs is 1. The zero-order chi connectivity index (χ0) is 12.1. The number of aromatic nitrogens is 1. The average molecular weight is 226 g/mol. The van der Waals surface area contributed by atoms with Crippen molar-refractivity contribution < 1.29 is 0 Å². The van der Waals surface area contributed by atoms with Gasteiger partial charge in [0.25, 0.3) is 0 Å². The molecule has 1 heterocycles. The quantitative estimate of drug-likeness (QED) is 0.865. The standard InChI is InChI=1S/C15H18N2/c1-3-16-11-12(2)10-13-8-9-17-15-7-5-4-6-14(13)15/h4-10,16H,3,11H2,1-2H3. The number of hydrogen-bond acceptors (Lipinski definition) is 2. The molecule has 2 heteroatoms. The van der Waals surface area contributed by atoms with Gasteiger partial charge in [0.05, 0.1) is 5.52 Å². The van der Waals surface area contributed by atoms with E-state index >= 15 is 0 Å². The molecule has 2 nitrogen and oxygen atoms in total. The van der Waals surface area contributed by atoms with Gasteiger partial charge in [-0.2, -0.15) is 0 Å². The number of nitrogens with zero attached hydrogens (tertiary/aromatic N) is 1. The zero-order valence-electron chi connectivity index (χ0n) is 10.4. The summed E-state index contributed by atoms with van der Waals surface area (Å²) in [6.07, 6.45) is 4.10. The van der Waals surface area contributed by atoms with E-state index in [1.54, 1.807) is 0 Å². The van der Waals surface area contributed by atoms with Crippen LogP contribution in [0.25, 0.3) is 17.0 Å². The number of rotatable bonds is 4. The van der Waals surface area contributed by atoms with E-state index in [2.05, 4.69) is 48.4 Å². The number of para-hydroxylation sites is 1. The van der Waals surface area contributed by atoms with E-state index in [0.29, 0.717) is 0 Å². The first kappa shape index (κ1) is 11.8. The van der Waals surface area contributed by atoms with Crippen molar-refractivity contribution in [1.82, 2.24) is 10.3 Å². The van der Waals surface area contributed by atoms with Gasteiger partial charge >= 0.3 is 0 Å². The van der Waals surface area contributed by atoms with Gasteiger partial charge in [-0.3, -0.25) is 4.98 Å². The second kappa shape index (κ2) is 5.60. The minimum Gasteiger partial charge on any atom is -0.313 e. The second-order valence-corrected chi connectivity index (χ2v) is 4.19. The van der Waals surface area contributed by atoms with Crippen LogP contribution >= 0.6 is 0 Å². The van der Waals surface area contributed by atoms with Gasteiger partial charge in [0, 0.05) is 18.1 Å². The first-order valence-corrected chi connectivity index (χ1v) is 6.03. The summed E-state index contributed by atoms with van der Waals surface area (Å²) in [5.74, 6) is 0. The summed E-state index contributed by atoms with van der Waals surface area (Å²) in [7, 11) is 0. The van der Waals surface area contributed by atoms with Gasteiger partial charge in [-0.15, -0.1) is 0 Å². The molecule has 0 atom stereocenters. The van der Waals surface area contributed by atoms with E-state index in [9.17, 15) is 0 Å². The van der Waals surface area contributed by atoms with Gasteiger partial charge in [-0.1, -0.05) is 36.8 Å². The molecule has 0 radical (unpaired) electrons. The van der Waals surface area contributed by atoms with Crippen molar-refractivity contribution in [3.05, 3.63) is 47.7 Å². The van der Waals surface area contributed by atoms with Crippen molar-refractivity contribution in [1.29, 1.82) is 0 Å². The molecule has 1 aromatic heterocycles. The van der Waals surface area contributed by atoms with Crippen LogP contribution in [0.4, 0.5) is 0 Å². The largest absolute Gasteiger partial charge is 0.313 e. The second-order valence-electron chi connectivity index (χ2n) is 4.19. The molecule has 0 saturated heterocycles. The van der Waals surface area contributed by atoms with Crippen LogP contribution in [0.3, 0.4) is 0 Å². The molecule has 2 rings (SSSR count). The molecule has 0 aliphatic rings. The summed E-state index contributed by atoms with van der Waals surface area (Å²) >= 11 is 0. The first-order valence-electron chi connectivity index (χ1n) is 6.03. The van der Waals surface area contributed by atoms with Gasteiger partial charge in [-0.25, -0.2) is 0 Å². The summed E-state index contributed by atoms with van der Waals surface area (Å²) in [6, 6.07) is 10.3. The van der Waals surface area contributed by atoms with Crippen LogP contribution in [0.5, 0.6) is 0 Å². The molecule has 0 saturated carbocycles. The third-order valence-corrected chi connectivity index (χ3v) is 2.74. The highest BCUT2D eigenvalue weighted by atomic mass is 14.8. The molecule has 17 heavy (non-hydrogen) atoms. The van der Waals surface area contributed by atoms with Crippen molar-refractivity contribution in [2.75, 3.05) is 13.1 Å². The van der Waals surface area contributed by atoms with Gasteiger partial charge in [-0.05, 0) is 31.2 Å². The molecule has 0 aliphatic heterocycles. The number of nitrogens with one attached hydrogen (secondary N) is 1. The van der Waals surface area contributed by atoms with Crippen molar-refractivity contribution in [3.63, 3.8) is 0 Å². The van der Waals surface area contributed by atoms with Gasteiger partial charge in [0.1, 0.15) is 0 Å². The smallest absolute Gasteiger partial charge is 0.0707 e. The fourth-order valence-electron chi connectivity index (χ4n) is 1.88. The lowest BCUT2D eigenvalue weighted by atomic mass is 10.1. The highest BCUT2D eigenvalue weighted by molar-refractivity contribution is 5.87. The lowest BCUT2D eigenvalue weighted by Crippen LogP contribution is -2.14. The van der Waals surface area contributed by atoms with Crippen LogP contribution in [-0.4, -0.2) is 18.1 Å². The fourth-order valence-corrected chi connectivity index (χ4v) is 1.88. The Hall–Kier alpha value is -1.67. The molecular formula is C15H18N2. The molecule has 0 aliphatic carbocycles. The topological polar surface area (TPSA) is 24.9 Å². The van der Waals surface area contributed by atoms with Crippen molar-refractivity contribution >= 4 is 17.0 Å². The zero-order valence-corrected chi connectivity index (χ0v) is 10.4. The van der Waals surface area contributed by atoms with E-state index in [1.807, 2.05) is 18.3 Å². The lowest BCUT2D eigenvalue weighted by Gasteiger charge is -2.04. The Morgan fingerprint density at radius 2 is 2.12 bits per heavy atom. The summed E-state index contributed by atoms with van der Waals surface area (Å²) in [5.41, 5.74) is 3.63. The minimum absolute atomic E-state index is 0.938. The van der Waals surface area contributed by atoms with Gasteiger partial charge < -0.3 is 5.32 Å². The number of hydrogen-bond donors (Lipinski definition) is 1. The highest BCUT2D eigenvalue weighted by Crippen LogP contribution is 2.18. The van der Waals surface area contributed by atoms with E-state index in [4.69, 9.17) is 0 Å². The van der Waals surface area contributed by atoms with Crippen LogP contribution in [-0.2, 0) is 0 Å². The maximum absolute atomic E-state index is 4.37.